The summed E-state index contributed by atoms with van der Waals surface area (Å²) in [6, 6.07) is 19.5. The van der Waals surface area contributed by atoms with E-state index in [1.54, 1.807) is 42.5 Å². The van der Waals surface area contributed by atoms with Gasteiger partial charge in [0.05, 0.1) is 33.5 Å². The fourth-order valence-corrected chi connectivity index (χ4v) is 4.89. The van der Waals surface area contributed by atoms with Crippen LogP contribution in [0.15, 0.2) is 72.8 Å². The fraction of sp³-hybridized carbons (Fsp3) is 0.207. The fourth-order valence-electron chi connectivity index (χ4n) is 4.54. The van der Waals surface area contributed by atoms with Crippen molar-refractivity contribution < 1.29 is 14.0 Å². The number of nitrogens with one attached hydrogen (secondary N) is 2. The molecule has 39 heavy (non-hydrogen) atoms. The predicted octanol–water partition coefficient (Wildman–Crippen LogP) is 7.04. The van der Waals surface area contributed by atoms with Gasteiger partial charge in [-0.2, -0.15) is 5.10 Å². The number of halogens is 3. The first-order chi connectivity index (χ1) is 18.8. The zero-order valence-electron chi connectivity index (χ0n) is 21.1. The molecule has 3 aromatic carbocycles. The number of anilines is 2. The smallest absolute Gasteiger partial charge is 0.324 e. The highest BCUT2D eigenvalue weighted by molar-refractivity contribution is 6.44. The normalized spacial score (nSPS) is 14.9. The molecule has 1 aromatic heterocycles. The quantitative estimate of drug-likeness (QED) is 0.263. The SMILES string of the molecule is C[C@H]1CCN(C(=O)Cc2ccc(-n3nc(-c4ccccc4F)cc3NC(=O)Nc3cccc(Cl)c3Cl)cc2)C1. The number of amides is 3. The molecule has 10 heteroatoms. The Morgan fingerprint density at radius 1 is 1.03 bits per heavy atom. The van der Waals surface area contributed by atoms with E-state index in [4.69, 9.17) is 23.2 Å². The van der Waals surface area contributed by atoms with Gasteiger partial charge in [-0.05, 0) is 54.3 Å². The summed E-state index contributed by atoms with van der Waals surface area (Å²) in [6.07, 6.45) is 1.34. The molecule has 3 amide bonds. The Hall–Kier alpha value is -3.88. The van der Waals surface area contributed by atoms with E-state index < -0.39 is 11.8 Å². The lowest BCUT2D eigenvalue weighted by molar-refractivity contribution is -0.129. The predicted molar refractivity (Wildman–Crippen MR) is 152 cm³/mol. The standard InChI is InChI=1S/C29H26Cl2FN5O2/c1-18-13-14-36(17-18)27(38)15-19-9-11-20(12-10-19)37-26(16-25(35-37)21-5-2-3-7-23(21)32)34-29(39)33-24-8-4-6-22(30)28(24)31/h2-12,16,18H,13-15,17H2,1H3,(H2,33,34,39)/t18-/m0/s1. The van der Waals surface area contributed by atoms with Crippen LogP contribution in [0.4, 0.5) is 20.7 Å². The third-order valence-electron chi connectivity index (χ3n) is 6.61. The molecule has 1 aliphatic rings. The summed E-state index contributed by atoms with van der Waals surface area (Å²) >= 11 is 12.3. The molecule has 1 atom stereocenters. The summed E-state index contributed by atoms with van der Waals surface area (Å²) in [7, 11) is 0. The number of hydrogen-bond acceptors (Lipinski definition) is 3. The van der Waals surface area contributed by atoms with Gasteiger partial charge in [0.25, 0.3) is 0 Å². The van der Waals surface area contributed by atoms with E-state index in [1.165, 1.54) is 10.7 Å². The van der Waals surface area contributed by atoms with Crippen LogP contribution < -0.4 is 10.6 Å². The van der Waals surface area contributed by atoms with Gasteiger partial charge in [-0.15, -0.1) is 0 Å². The summed E-state index contributed by atoms with van der Waals surface area (Å²) in [5.74, 6) is 0.497. The first-order valence-electron chi connectivity index (χ1n) is 12.5. The third-order valence-corrected chi connectivity index (χ3v) is 7.43. The van der Waals surface area contributed by atoms with E-state index >= 15 is 0 Å². The lowest BCUT2D eigenvalue weighted by atomic mass is 10.1. The minimum Gasteiger partial charge on any atom is -0.342 e. The van der Waals surface area contributed by atoms with E-state index in [0.717, 1.165) is 25.1 Å². The van der Waals surface area contributed by atoms with Gasteiger partial charge < -0.3 is 10.2 Å². The number of benzene rings is 3. The molecular formula is C29H26Cl2FN5O2. The van der Waals surface area contributed by atoms with Crippen molar-refractivity contribution in [1.82, 2.24) is 14.7 Å². The Morgan fingerprint density at radius 2 is 1.79 bits per heavy atom. The number of aromatic nitrogens is 2. The number of rotatable bonds is 6. The summed E-state index contributed by atoms with van der Waals surface area (Å²) in [5.41, 5.74) is 2.46. The maximum Gasteiger partial charge on any atom is 0.324 e. The molecular weight excluding hydrogens is 540 g/mol. The van der Waals surface area contributed by atoms with Gasteiger partial charge in [0, 0.05) is 24.7 Å². The molecule has 7 nitrogen and oxygen atoms in total. The topological polar surface area (TPSA) is 79.3 Å². The van der Waals surface area contributed by atoms with Gasteiger partial charge in [0.2, 0.25) is 5.91 Å². The van der Waals surface area contributed by atoms with Gasteiger partial charge in [0.1, 0.15) is 11.6 Å². The van der Waals surface area contributed by atoms with Crippen molar-refractivity contribution in [2.45, 2.75) is 19.8 Å². The molecule has 0 saturated carbocycles. The second-order valence-electron chi connectivity index (χ2n) is 9.56. The van der Waals surface area contributed by atoms with Crippen LogP contribution in [-0.4, -0.2) is 39.7 Å². The lowest BCUT2D eigenvalue weighted by Gasteiger charge is -2.16. The molecule has 0 aliphatic carbocycles. The highest BCUT2D eigenvalue weighted by Crippen LogP contribution is 2.30. The number of urea groups is 1. The second kappa shape index (κ2) is 11.5. The first kappa shape index (κ1) is 26.7. The largest absolute Gasteiger partial charge is 0.342 e. The van der Waals surface area contributed by atoms with Gasteiger partial charge in [-0.3, -0.25) is 10.1 Å². The lowest BCUT2D eigenvalue weighted by Crippen LogP contribution is -2.29. The molecule has 1 saturated heterocycles. The van der Waals surface area contributed by atoms with Crippen molar-refractivity contribution in [1.29, 1.82) is 0 Å². The molecule has 1 aliphatic heterocycles. The molecule has 4 aromatic rings. The van der Waals surface area contributed by atoms with Crippen molar-refractivity contribution in [3.8, 4) is 16.9 Å². The number of hydrogen-bond donors (Lipinski definition) is 2. The maximum absolute atomic E-state index is 14.6. The van der Waals surface area contributed by atoms with E-state index in [-0.39, 0.29) is 10.9 Å². The van der Waals surface area contributed by atoms with Gasteiger partial charge in [-0.25, -0.2) is 13.9 Å². The van der Waals surface area contributed by atoms with Crippen molar-refractivity contribution >= 4 is 46.6 Å². The van der Waals surface area contributed by atoms with Crippen molar-refractivity contribution in [2.75, 3.05) is 23.7 Å². The van der Waals surface area contributed by atoms with Crippen molar-refractivity contribution in [2.24, 2.45) is 5.92 Å². The molecule has 1 fully saturated rings. The molecule has 2 heterocycles. The number of carbonyl (C=O) groups is 2. The average molecular weight is 566 g/mol. The molecule has 0 spiro atoms. The van der Waals surface area contributed by atoms with Gasteiger partial charge >= 0.3 is 6.03 Å². The van der Waals surface area contributed by atoms with Crippen molar-refractivity contribution in [3.63, 3.8) is 0 Å². The summed E-state index contributed by atoms with van der Waals surface area (Å²) in [4.78, 5) is 27.5. The van der Waals surface area contributed by atoms with E-state index in [1.807, 2.05) is 29.2 Å². The zero-order chi connectivity index (χ0) is 27.5. The third kappa shape index (κ3) is 6.08. The van der Waals surface area contributed by atoms with E-state index in [0.29, 0.717) is 45.8 Å². The van der Waals surface area contributed by atoms with Crippen LogP contribution in [0.1, 0.15) is 18.9 Å². The number of carbonyl (C=O) groups excluding carboxylic acids is 2. The Morgan fingerprint density at radius 3 is 2.51 bits per heavy atom. The van der Waals surface area contributed by atoms with Crippen LogP contribution in [0.25, 0.3) is 16.9 Å². The van der Waals surface area contributed by atoms with Crippen LogP contribution in [0.3, 0.4) is 0 Å². The number of likely N-dealkylation sites (tertiary alicyclic amines) is 1. The molecule has 2 N–H and O–H groups in total. The molecule has 5 rings (SSSR count). The molecule has 200 valence electrons. The van der Waals surface area contributed by atoms with Gasteiger partial charge in [0.15, 0.2) is 0 Å². The Kier molecular flexibility index (Phi) is 7.86. The summed E-state index contributed by atoms with van der Waals surface area (Å²) in [6.45, 7) is 3.74. The Balaban J connectivity index is 1.41. The monoisotopic (exact) mass is 565 g/mol. The van der Waals surface area contributed by atoms with E-state index in [9.17, 15) is 14.0 Å². The zero-order valence-corrected chi connectivity index (χ0v) is 22.6. The number of nitrogens with zero attached hydrogens (tertiary/aromatic N) is 3. The first-order valence-corrected chi connectivity index (χ1v) is 13.3. The Labute approximate surface area is 235 Å². The van der Waals surface area contributed by atoms with Crippen LogP contribution in [0.5, 0.6) is 0 Å². The maximum atomic E-state index is 14.6. The average Bonchev–Trinajstić information content (AvgIpc) is 3.54. The second-order valence-corrected chi connectivity index (χ2v) is 10.3. The highest BCUT2D eigenvalue weighted by Gasteiger charge is 2.23. The summed E-state index contributed by atoms with van der Waals surface area (Å²) in [5, 5.41) is 10.5. The summed E-state index contributed by atoms with van der Waals surface area (Å²) < 4.78 is 16.1. The van der Waals surface area contributed by atoms with Crippen molar-refractivity contribution in [3.05, 3.63) is 94.2 Å². The minimum atomic E-state index is -0.581. The minimum absolute atomic E-state index is 0.103. The molecule has 0 unspecified atom stereocenters. The molecule has 0 bridgehead atoms. The van der Waals surface area contributed by atoms with Crippen LogP contribution in [0, 0.1) is 11.7 Å². The Bertz CT molecular complexity index is 1520. The molecule has 0 radical (unpaired) electrons. The van der Waals surface area contributed by atoms with Gasteiger partial charge in [-0.1, -0.05) is 60.5 Å². The highest BCUT2D eigenvalue weighted by atomic mass is 35.5. The van der Waals surface area contributed by atoms with Crippen LogP contribution >= 0.6 is 23.2 Å². The van der Waals surface area contributed by atoms with E-state index in [2.05, 4.69) is 22.7 Å². The van der Waals surface area contributed by atoms with Crippen LogP contribution in [-0.2, 0) is 11.2 Å². The van der Waals surface area contributed by atoms with Crippen LogP contribution in [0.2, 0.25) is 10.0 Å².